The Kier molecular flexibility index (Phi) is 4.20. The number of nitrogens with zero attached hydrogens (tertiary/aromatic N) is 1. The molecule has 4 heteroatoms. The van der Waals surface area contributed by atoms with Crippen molar-refractivity contribution < 1.29 is 0 Å². The molecule has 0 aliphatic heterocycles. The highest BCUT2D eigenvalue weighted by molar-refractivity contribution is 7.80. The Morgan fingerprint density at radius 1 is 1.15 bits per heavy atom. The van der Waals surface area contributed by atoms with Gasteiger partial charge in [0.15, 0.2) is 0 Å². The van der Waals surface area contributed by atoms with Crippen LogP contribution in [0.2, 0.25) is 0 Å². The van der Waals surface area contributed by atoms with Crippen molar-refractivity contribution in [2.45, 2.75) is 63.8 Å². The number of anilines is 1. The molecule has 0 saturated heterocycles. The van der Waals surface area contributed by atoms with Crippen LogP contribution in [-0.4, -0.2) is 16.0 Å². The lowest BCUT2D eigenvalue weighted by atomic mass is 10.1. The molecule has 2 aliphatic carbocycles. The molecule has 1 aromatic rings. The standard InChI is InChI=1S/C16H23N3S/c17-15(20)13-10-11-6-5-9-14(11)19-16(13)18-12-7-3-1-2-4-8-12/h10,12H,1-9H2,(H2,17,20)(H,18,19). The Morgan fingerprint density at radius 3 is 2.60 bits per heavy atom. The first-order valence-electron chi connectivity index (χ1n) is 7.83. The highest BCUT2D eigenvalue weighted by atomic mass is 32.1. The smallest absolute Gasteiger partial charge is 0.136 e. The monoisotopic (exact) mass is 289 g/mol. The number of rotatable bonds is 3. The van der Waals surface area contributed by atoms with Crippen LogP contribution in [0.15, 0.2) is 6.07 Å². The lowest BCUT2D eigenvalue weighted by Gasteiger charge is -2.20. The van der Waals surface area contributed by atoms with Crippen LogP contribution in [0.3, 0.4) is 0 Å². The third-order valence-electron chi connectivity index (χ3n) is 4.51. The first kappa shape index (κ1) is 13.8. The molecule has 108 valence electrons. The summed E-state index contributed by atoms with van der Waals surface area (Å²) in [5, 5.41) is 3.62. The summed E-state index contributed by atoms with van der Waals surface area (Å²) in [5.74, 6) is 0.921. The topological polar surface area (TPSA) is 50.9 Å². The van der Waals surface area contributed by atoms with Gasteiger partial charge in [0, 0.05) is 11.7 Å². The summed E-state index contributed by atoms with van der Waals surface area (Å²) in [5.41, 5.74) is 9.40. The van der Waals surface area contributed by atoms with E-state index in [0.29, 0.717) is 11.0 Å². The number of fused-ring (bicyclic) bond motifs is 1. The molecule has 20 heavy (non-hydrogen) atoms. The molecule has 1 aromatic heterocycles. The molecule has 0 bridgehead atoms. The van der Waals surface area contributed by atoms with E-state index in [1.807, 2.05) is 0 Å². The Labute approximate surface area is 126 Å². The van der Waals surface area contributed by atoms with Crippen molar-refractivity contribution in [3.8, 4) is 0 Å². The van der Waals surface area contributed by atoms with Crippen LogP contribution >= 0.6 is 12.2 Å². The van der Waals surface area contributed by atoms with Crippen LogP contribution in [0.4, 0.5) is 5.82 Å². The van der Waals surface area contributed by atoms with Crippen LogP contribution < -0.4 is 11.1 Å². The van der Waals surface area contributed by atoms with Crippen LogP contribution in [0.25, 0.3) is 0 Å². The zero-order valence-corrected chi connectivity index (χ0v) is 12.8. The van der Waals surface area contributed by atoms with E-state index >= 15 is 0 Å². The largest absolute Gasteiger partial charge is 0.389 e. The average molecular weight is 289 g/mol. The minimum absolute atomic E-state index is 0.461. The van der Waals surface area contributed by atoms with Crippen molar-refractivity contribution >= 4 is 23.0 Å². The van der Waals surface area contributed by atoms with E-state index in [1.165, 1.54) is 56.2 Å². The molecular formula is C16H23N3S. The van der Waals surface area contributed by atoms with Gasteiger partial charge in [0.25, 0.3) is 0 Å². The summed E-state index contributed by atoms with van der Waals surface area (Å²) >= 11 is 5.21. The summed E-state index contributed by atoms with van der Waals surface area (Å²) in [6.45, 7) is 0. The molecule has 1 saturated carbocycles. The Balaban J connectivity index is 1.85. The van der Waals surface area contributed by atoms with Gasteiger partial charge in [-0.15, -0.1) is 0 Å². The molecule has 3 nitrogen and oxygen atoms in total. The molecule has 0 amide bonds. The van der Waals surface area contributed by atoms with Gasteiger partial charge in [-0.05, 0) is 43.7 Å². The maximum Gasteiger partial charge on any atom is 0.136 e. The van der Waals surface area contributed by atoms with E-state index in [0.717, 1.165) is 24.2 Å². The molecular weight excluding hydrogens is 266 g/mol. The Bertz CT molecular complexity index is 505. The van der Waals surface area contributed by atoms with Gasteiger partial charge in [-0.3, -0.25) is 0 Å². The molecule has 1 heterocycles. The quantitative estimate of drug-likeness (QED) is 0.662. The lowest BCUT2D eigenvalue weighted by molar-refractivity contribution is 0.617. The minimum Gasteiger partial charge on any atom is -0.389 e. The zero-order valence-electron chi connectivity index (χ0n) is 12.0. The van der Waals surface area contributed by atoms with Crippen molar-refractivity contribution in [2.24, 2.45) is 5.73 Å². The Hall–Kier alpha value is -1.16. The van der Waals surface area contributed by atoms with E-state index in [-0.39, 0.29) is 0 Å². The fraction of sp³-hybridized carbons (Fsp3) is 0.625. The predicted octanol–water partition coefficient (Wildman–Crippen LogP) is 3.34. The van der Waals surface area contributed by atoms with Gasteiger partial charge in [0.2, 0.25) is 0 Å². The summed E-state index contributed by atoms with van der Waals surface area (Å²) in [4.78, 5) is 5.28. The maximum absolute atomic E-state index is 5.90. The summed E-state index contributed by atoms with van der Waals surface area (Å²) < 4.78 is 0. The van der Waals surface area contributed by atoms with Crippen molar-refractivity contribution in [3.05, 3.63) is 22.9 Å². The van der Waals surface area contributed by atoms with Gasteiger partial charge in [-0.2, -0.15) is 0 Å². The SMILES string of the molecule is NC(=S)c1cc2c(nc1NC1CCCCCC1)CCC2. The number of nitrogens with one attached hydrogen (secondary N) is 1. The third-order valence-corrected chi connectivity index (χ3v) is 4.73. The fourth-order valence-corrected chi connectivity index (χ4v) is 3.54. The number of pyridine rings is 1. The van der Waals surface area contributed by atoms with Crippen molar-refractivity contribution in [1.82, 2.24) is 4.98 Å². The second-order valence-corrected chi connectivity index (χ2v) is 6.48. The second kappa shape index (κ2) is 6.08. The van der Waals surface area contributed by atoms with Gasteiger partial charge < -0.3 is 11.1 Å². The molecule has 0 atom stereocenters. The fourth-order valence-electron chi connectivity index (χ4n) is 3.39. The number of hydrogen-bond donors (Lipinski definition) is 2. The van der Waals surface area contributed by atoms with Crippen LogP contribution in [0.5, 0.6) is 0 Å². The molecule has 2 aliphatic rings. The minimum atomic E-state index is 0.461. The van der Waals surface area contributed by atoms with Gasteiger partial charge in [0.05, 0.1) is 5.56 Å². The number of thiocarbonyl (C=S) groups is 1. The van der Waals surface area contributed by atoms with Crippen LogP contribution in [-0.2, 0) is 12.8 Å². The molecule has 0 radical (unpaired) electrons. The van der Waals surface area contributed by atoms with Gasteiger partial charge in [-0.25, -0.2) is 4.98 Å². The molecule has 0 unspecified atom stereocenters. The van der Waals surface area contributed by atoms with Crippen molar-refractivity contribution in [3.63, 3.8) is 0 Å². The van der Waals surface area contributed by atoms with E-state index in [4.69, 9.17) is 22.9 Å². The van der Waals surface area contributed by atoms with Crippen molar-refractivity contribution in [2.75, 3.05) is 5.32 Å². The summed E-state index contributed by atoms with van der Waals surface area (Å²) in [7, 11) is 0. The average Bonchev–Trinajstić information content (AvgIpc) is 2.73. The van der Waals surface area contributed by atoms with E-state index in [1.54, 1.807) is 0 Å². The third kappa shape index (κ3) is 2.95. The Morgan fingerprint density at radius 2 is 1.90 bits per heavy atom. The first-order chi connectivity index (χ1) is 9.74. The van der Waals surface area contributed by atoms with Gasteiger partial charge in [0.1, 0.15) is 10.8 Å². The highest BCUT2D eigenvalue weighted by Gasteiger charge is 2.20. The number of nitrogens with two attached hydrogens (primary N) is 1. The van der Waals surface area contributed by atoms with Gasteiger partial charge in [-0.1, -0.05) is 37.9 Å². The normalized spacial score (nSPS) is 19.4. The second-order valence-electron chi connectivity index (χ2n) is 6.04. The molecule has 3 N–H and O–H groups in total. The molecule has 1 fully saturated rings. The van der Waals surface area contributed by atoms with Crippen LogP contribution in [0.1, 0.15) is 61.8 Å². The first-order valence-corrected chi connectivity index (χ1v) is 8.24. The molecule has 0 aromatic carbocycles. The molecule has 3 rings (SSSR count). The van der Waals surface area contributed by atoms with Crippen LogP contribution in [0, 0.1) is 0 Å². The van der Waals surface area contributed by atoms with Gasteiger partial charge >= 0.3 is 0 Å². The summed E-state index contributed by atoms with van der Waals surface area (Å²) in [6.07, 6.45) is 11.2. The lowest BCUT2D eigenvalue weighted by Crippen LogP contribution is -2.23. The number of aryl methyl sites for hydroxylation is 2. The van der Waals surface area contributed by atoms with E-state index in [9.17, 15) is 0 Å². The number of hydrogen-bond acceptors (Lipinski definition) is 3. The highest BCUT2D eigenvalue weighted by Crippen LogP contribution is 2.27. The predicted molar refractivity (Wildman–Crippen MR) is 87.3 cm³/mol. The van der Waals surface area contributed by atoms with E-state index < -0.39 is 0 Å². The zero-order chi connectivity index (χ0) is 13.9. The van der Waals surface area contributed by atoms with E-state index in [2.05, 4.69) is 11.4 Å². The van der Waals surface area contributed by atoms with Crippen molar-refractivity contribution in [1.29, 1.82) is 0 Å². The maximum atomic E-state index is 5.90. The number of aromatic nitrogens is 1. The molecule has 0 spiro atoms. The summed E-state index contributed by atoms with van der Waals surface area (Å²) in [6, 6.07) is 2.69.